The van der Waals surface area contributed by atoms with Gasteiger partial charge < -0.3 is 34.5 Å². The van der Waals surface area contributed by atoms with E-state index in [0.29, 0.717) is 25.3 Å². The molecule has 0 aromatic heterocycles. The highest BCUT2D eigenvalue weighted by molar-refractivity contribution is 6.05. The van der Waals surface area contributed by atoms with Crippen LogP contribution in [0.25, 0.3) is 0 Å². The molecule has 3 saturated heterocycles. The van der Waals surface area contributed by atoms with Gasteiger partial charge >= 0.3 is 0 Å². The molecule has 37 heavy (non-hydrogen) atoms. The Bertz CT molecular complexity index is 1100. The van der Waals surface area contributed by atoms with Gasteiger partial charge in [-0.3, -0.25) is 4.79 Å². The highest BCUT2D eigenvalue weighted by atomic mass is 16.8. The van der Waals surface area contributed by atoms with Crippen molar-refractivity contribution in [3.63, 3.8) is 0 Å². The van der Waals surface area contributed by atoms with Gasteiger partial charge in [-0.15, -0.1) is 0 Å². The largest absolute Gasteiger partial charge is 0.469 e. The second-order valence-corrected chi connectivity index (χ2v) is 13.6. The maximum absolute atomic E-state index is 14.4. The van der Waals surface area contributed by atoms with Crippen LogP contribution in [-0.4, -0.2) is 60.7 Å². The van der Waals surface area contributed by atoms with Crippen LogP contribution >= 0.6 is 0 Å². The third-order valence-corrected chi connectivity index (χ3v) is 10.9. The maximum Gasteiger partial charge on any atom is 0.213 e. The molecular weight excluding hydrogens is 474 g/mol. The molecule has 8 heteroatoms. The van der Waals surface area contributed by atoms with Gasteiger partial charge in [0.1, 0.15) is 17.3 Å². The van der Waals surface area contributed by atoms with Crippen molar-refractivity contribution in [1.29, 1.82) is 0 Å². The number of rotatable bonds is 4. The van der Waals surface area contributed by atoms with E-state index < -0.39 is 34.6 Å². The normalized spacial score (nSPS) is 50.3. The van der Waals surface area contributed by atoms with Crippen molar-refractivity contribution < 1.29 is 33.6 Å². The first-order valence-corrected chi connectivity index (χ1v) is 14.1. The van der Waals surface area contributed by atoms with Crippen LogP contribution in [0.1, 0.15) is 66.2 Å². The molecule has 3 saturated carbocycles. The van der Waals surface area contributed by atoms with Gasteiger partial charge in [0.05, 0.1) is 24.7 Å². The summed E-state index contributed by atoms with van der Waals surface area (Å²) in [5.41, 5.74) is 5.46. The minimum Gasteiger partial charge on any atom is -0.469 e. The first-order valence-electron chi connectivity index (χ1n) is 14.1. The molecule has 3 spiro atoms. The molecule has 3 N–H and O–H groups in total. The van der Waals surface area contributed by atoms with Crippen molar-refractivity contribution >= 4 is 5.78 Å². The standard InChI is InChI=1S/C29H41NO7/c1-15-17-8-9-18-27-14-34-29(28(18,21(15)31)24(17)36-26(4,5)37-29)22(32)20(27)25(2,3)13-16-7-10-19(35-23(16)27)33-12-6-11-30/h17-20,22,24,32H,1,6-14,30H2,2-5H3/t17-,18-,19+,20+,22-,24+,27-,28-,29?/m0/s1. The molecule has 1 unspecified atom stereocenters. The van der Waals surface area contributed by atoms with Gasteiger partial charge in [0.25, 0.3) is 0 Å². The molecule has 0 aromatic carbocycles. The maximum atomic E-state index is 14.4. The number of fused-ring (bicyclic) bond motifs is 1. The molecular formula is C29H41NO7. The average Bonchev–Trinajstić information content (AvgIpc) is 2.94. The molecule has 4 bridgehead atoms. The van der Waals surface area contributed by atoms with Gasteiger partial charge in [0.2, 0.25) is 5.79 Å². The zero-order valence-electron chi connectivity index (χ0n) is 22.5. The number of hydrogen-bond acceptors (Lipinski definition) is 8. The summed E-state index contributed by atoms with van der Waals surface area (Å²) in [6, 6.07) is 0. The van der Waals surface area contributed by atoms with Gasteiger partial charge in [-0.05, 0) is 75.0 Å². The molecule has 8 aliphatic rings. The van der Waals surface area contributed by atoms with E-state index in [9.17, 15) is 9.90 Å². The summed E-state index contributed by atoms with van der Waals surface area (Å²) < 4.78 is 32.8. The van der Waals surface area contributed by atoms with E-state index in [1.54, 1.807) is 0 Å². The summed E-state index contributed by atoms with van der Waals surface area (Å²) in [4.78, 5) is 14.4. The van der Waals surface area contributed by atoms with Crippen LogP contribution in [-0.2, 0) is 28.5 Å². The fourth-order valence-electron chi connectivity index (χ4n) is 10.1. The number of ketones is 1. The van der Waals surface area contributed by atoms with Gasteiger partial charge in [-0.2, -0.15) is 0 Å². The number of carbonyl (C=O) groups excluding carboxylic acids is 1. The average molecular weight is 516 g/mol. The zero-order chi connectivity index (χ0) is 26.2. The van der Waals surface area contributed by atoms with Crippen molar-refractivity contribution in [3.8, 4) is 0 Å². The highest BCUT2D eigenvalue weighted by Crippen LogP contribution is 2.80. The molecule has 8 nitrogen and oxygen atoms in total. The van der Waals surface area contributed by atoms with Crippen LogP contribution in [0.5, 0.6) is 0 Å². The number of Topliss-reactive ketones (excluding diaryl/α,β-unsaturated/α-hetero) is 1. The summed E-state index contributed by atoms with van der Waals surface area (Å²) in [7, 11) is 0. The monoisotopic (exact) mass is 515 g/mol. The van der Waals surface area contributed by atoms with Gasteiger partial charge in [0.15, 0.2) is 17.9 Å². The SMILES string of the molecule is C=C1C(=O)[C@@]23[C@@H]4OC(C)(C)OC25OC[C@]2(C6=C(CC[C@H](OCCCN)O6)CC(C)(C)[C@H]2[C@@H]5O)[C@@H]3CC[C@@H]14. The lowest BCUT2D eigenvalue weighted by Gasteiger charge is -2.77. The second-order valence-electron chi connectivity index (χ2n) is 13.6. The molecule has 4 heterocycles. The van der Waals surface area contributed by atoms with Crippen LogP contribution in [0.4, 0.5) is 0 Å². The molecule has 9 atom stereocenters. The summed E-state index contributed by atoms with van der Waals surface area (Å²) in [6.45, 7) is 13.9. The highest BCUT2D eigenvalue weighted by Gasteiger charge is 2.90. The van der Waals surface area contributed by atoms with E-state index in [0.717, 1.165) is 44.3 Å². The van der Waals surface area contributed by atoms with Crippen molar-refractivity contribution in [2.24, 2.45) is 39.7 Å². The molecule has 0 amide bonds. The lowest BCUT2D eigenvalue weighted by Crippen LogP contribution is -2.87. The summed E-state index contributed by atoms with van der Waals surface area (Å²) in [5.74, 6) is -2.12. The first kappa shape index (κ1) is 24.7. The molecule has 4 aliphatic carbocycles. The van der Waals surface area contributed by atoms with Crippen LogP contribution < -0.4 is 5.73 Å². The van der Waals surface area contributed by atoms with Crippen molar-refractivity contribution in [1.82, 2.24) is 0 Å². The minimum absolute atomic E-state index is 0.0610. The molecule has 8 rings (SSSR count). The number of allylic oxidation sites excluding steroid dienone is 1. The minimum atomic E-state index is -1.48. The Kier molecular flexibility index (Phi) is 4.99. The van der Waals surface area contributed by atoms with Crippen LogP contribution in [0.3, 0.4) is 0 Å². The van der Waals surface area contributed by atoms with Crippen molar-refractivity contribution in [2.75, 3.05) is 19.8 Å². The van der Waals surface area contributed by atoms with E-state index in [-0.39, 0.29) is 35.2 Å². The lowest BCUT2D eigenvalue weighted by atomic mass is 9.36. The van der Waals surface area contributed by atoms with Crippen molar-refractivity contribution in [2.45, 2.75) is 96.3 Å². The van der Waals surface area contributed by atoms with Gasteiger partial charge in [0, 0.05) is 18.3 Å². The Balaban J connectivity index is 1.43. The molecule has 204 valence electrons. The Hall–Kier alpha value is -1.29. The smallest absolute Gasteiger partial charge is 0.213 e. The topological polar surface area (TPSA) is 109 Å². The Morgan fingerprint density at radius 1 is 1.19 bits per heavy atom. The fourth-order valence-corrected chi connectivity index (χ4v) is 10.1. The Morgan fingerprint density at radius 2 is 1.97 bits per heavy atom. The third kappa shape index (κ3) is 2.68. The zero-order valence-corrected chi connectivity index (χ0v) is 22.5. The summed E-state index contributed by atoms with van der Waals surface area (Å²) in [6.07, 6.45) is 3.03. The summed E-state index contributed by atoms with van der Waals surface area (Å²) in [5, 5.41) is 12.4. The fraction of sp³-hybridized carbons (Fsp3) is 0.828. The van der Waals surface area contributed by atoms with Crippen LogP contribution in [0.15, 0.2) is 23.5 Å². The van der Waals surface area contributed by atoms with Gasteiger partial charge in [-0.25, -0.2) is 0 Å². The predicted molar refractivity (Wildman–Crippen MR) is 133 cm³/mol. The van der Waals surface area contributed by atoms with Crippen LogP contribution in [0.2, 0.25) is 0 Å². The number of aliphatic hydroxyl groups excluding tert-OH is 1. The Morgan fingerprint density at radius 3 is 2.73 bits per heavy atom. The lowest BCUT2D eigenvalue weighted by molar-refractivity contribution is -0.527. The van der Waals surface area contributed by atoms with Gasteiger partial charge in [-0.1, -0.05) is 20.4 Å². The van der Waals surface area contributed by atoms with E-state index >= 15 is 0 Å². The summed E-state index contributed by atoms with van der Waals surface area (Å²) >= 11 is 0. The molecule has 6 fully saturated rings. The number of carbonyl (C=O) groups is 1. The second kappa shape index (κ2) is 7.46. The van der Waals surface area contributed by atoms with Crippen LogP contribution in [0, 0.1) is 34.0 Å². The Labute approximate surface area is 218 Å². The number of ether oxygens (including phenoxy) is 5. The van der Waals surface area contributed by atoms with E-state index in [4.69, 9.17) is 29.4 Å². The van der Waals surface area contributed by atoms with E-state index in [2.05, 4.69) is 20.4 Å². The van der Waals surface area contributed by atoms with E-state index in [1.807, 2.05) is 13.8 Å². The quantitative estimate of drug-likeness (QED) is 0.434. The number of nitrogens with two attached hydrogens (primary N) is 1. The van der Waals surface area contributed by atoms with Crippen molar-refractivity contribution in [3.05, 3.63) is 23.5 Å². The molecule has 4 aliphatic heterocycles. The molecule has 0 aromatic rings. The third-order valence-electron chi connectivity index (χ3n) is 10.9. The van der Waals surface area contributed by atoms with E-state index in [1.165, 1.54) is 5.57 Å². The number of hydrogen-bond donors (Lipinski definition) is 2. The first-order chi connectivity index (χ1) is 17.5. The predicted octanol–water partition coefficient (Wildman–Crippen LogP) is 3.18. The molecule has 0 radical (unpaired) electrons. The number of aliphatic hydroxyl groups is 1.